The molecule has 0 spiro atoms. The summed E-state index contributed by atoms with van der Waals surface area (Å²) in [6.07, 6.45) is 5.62. The van der Waals surface area contributed by atoms with Gasteiger partial charge in [-0.25, -0.2) is 0 Å². The van der Waals surface area contributed by atoms with E-state index in [-0.39, 0.29) is 11.2 Å². The van der Waals surface area contributed by atoms with Gasteiger partial charge >= 0.3 is 0 Å². The fourth-order valence-electron chi connectivity index (χ4n) is 1.94. The molecule has 2 heteroatoms. The molecule has 0 fully saturated rings. The van der Waals surface area contributed by atoms with Crippen LogP contribution in [0.1, 0.15) is 33.6 Å². The van der Waals surface area contributed by atoms with Gasteiger partial charge in [0.1, 0.15) is 0 Å². The number of nitrogens with one attached hydrogen (secondary N) is 1. The number of hydrogen-bond acceptors (Lipinski definition) is 2. The maximum absolute atomic E-state index is 11.3. The van der Waals surface area contributed by atoms with Crippen LogP contribution >= 0.6 is 0 Å². The van der Waals surface area contributed by atoms with E-state index in [0.717, 1.165) is 25.9 Å². The molecule has 0 bridgehead atoms. The molecule has 0 aromatic heterocycles. The van der Waals surface area contributed by atoms with E-state index in [4.69, 9.17) is 0 Å². The van der Waals surface area contributed by atoms with Gasteiger partial charge in [0.15, 0.2) is 5.78 Å². The highest BCUT2D eigenvalue weighted by Crippen LogP contribution is 2.36. The molecule has 1 aliphatic rings. The molecule has 0 aromatic rings. The second-order valence-corrected chi connectivity index (χ2v) is 4.66. The van der Waals surface area contributed by atoms with E-state index in [2.05, 4.69) is 32.2 Å². The normalized spacial score (nSPS) is 25.4. The Bertz CT molecular complexity index is 230. The van der Waals surface area contributed by atoms with Gasteiger partial charge in [0.2, 0.25) is 0 Å². The Morgan fingerprint density at radius 1 is 1.57 bits per heavy atom. The molecule has 0 saturated carbocycles. The molecule has 14 heavy (non-hydrogen) atoms. The van der Waals surface area contributed by atoms with Crippen molar-refractivity contribution < 1.29 is 4.79 Å². The van der Waals surface area contributed by atoms with Crippen LogP contribution in [-0.4, -0.2) is 18.9 Å². The molecule has 0 amide bonds. The second-order valence-electron chi connectivity index (χ2n) is 4.66. The summed E-state index contributed by atoms with van der Waals surface area (Å²) in [5.74, 6) is 0.782. The average molecular weight is 195 g/mol. The van der Waals surface area contributed by atoms with E-state index in [1.807, 2.05) is 0 Å². The van der Waals surface area contributed by atoms with E-state index >= 15 is 0 Å². The molecule has 80 valence electrons. The highest BCUT2D eigenvalue weighted by atomic mass is 16.1. The quantitative estimate of drug-likeness (QED) is 0.696. The molecular formula is C12H21NO. The minimum absolute atomic E-state index is 0.184. The van der Waals surface area contributed by atoms with E-state index < -0.39 is 0 Å². The van der Waals surface area contributed by atoms with E-state index in [0.29, 0.717) is 5.92 Å². The monoisotopic (exact) mass is 195 g/mol. The summed E-state index contributed by atoms with van der Waals surface area (Å²) in [6.45, 7) is 8.57. The first-order valence-corrected chi connectivity index (χ1v) is 5.49. The van der Waals surface area contributed by atoms with Gasteiger partial charge in [0, 0.05) is 6.42 Å². The van der Waals surface area contributed by atoms with Crippen LogP contribution < -0.4 is 5.32 Å². The molecule has 0 heterocycles. The zero-order chi connectivity index (χ0) is 10.6. The fourth-order valence-corrected chi connectivity index (χ4v) is 1.94. The lowest BCUT2D eigenvalue weighted by Crippen LogP contribution is -2.31. The third-order valence-electron chi connectivity index (χ3n) is 3.12. The van der Waals surface area contributed by atoms with E-state index in [9.17, 15) is 4.79 Å². The first kappa shape index (κ1) is 11.4. The highest BCUT2D eigenvalue weighted by Gasteiger charge is 2.31. The first-order valence-electron chi connectivity index (χ1n) is 5.49. The number of hydrogen-bond donors (Lipinski definition) is 1. The van der Waals surface area contributed by atoms with Crippen molar-refractivity contribution in [2.75, 3.05) is 13.1 Å². The number of carbonyl (C=O) groups excluding carboxylic acids is 1. The molecule has 1 unspecified atom stereocenters. The van der Waals surface area contributed by atoms with Crippen molar-refractivity contribution in [1.82, 2.24) is 5.32 Å². The van der Waals surface area contributed by atoms with Gasteiger partial charge in [0.25, 0.3) is 0 Å². The third kappa shape index (κ3) is 2.95. The number of carbonyl (C=O) groups is 1. The minimum Gasteiger partial charge on any atom is -0.317 e. The number of ketones is 1. The molecule has 0 aromatic carbocycles. The molecule has 0 radical (unpaired) electrons. The lowest BCUT2D eigenvalue weighted by molar-refractivity contribution is -0.116. The summed E-state index contributed by atoms with van der Waals surface area (Å²) in [6, 6.07) is 0. The fraction of sp³-hybridized carbons (Fsp3) is 0.750. The van der Waals surface area contributed by atoms with Crippen LogP contribution in [0.25, 0.3) is 0 Å². The Morgan fingerprint density at radius 3 is 2.93 bits per heavy atom. The predicted octanol–water partition coefficient (Wildman–Crippen LogP) is 2.16. The third-order valence-corrected chi connectivity index (χ3v) is 3.12. The number of rotatable bonds is 4. The van der Waals surface area contributed by atoms with Gasteiger partial charge < -0.3 is 5.32 Å². The Labute approximate surface area is 86.8 Å². The second kappa shape index (κ2) is 4.74. The van der Waals surface area contributed by atoms with Gasteiger partial charge in [-0.1, -0.05) is 26.8 Å². The van der Waals surface area contributed by atoms with Crippen LogP contribution in [0.4, 0.5) is 0 Å². The summed E-state index contributed by atoms with van der Waals surface area (Å²) < 4.78 is 0. The van der Waals surface area contributed by atoms with Crippen LogP contribution in [-0.2, 0) is 4.79 Å². The van der Waals surface area contributed by atoms with E-state index in [1.165, 1.54) is 0 Å². The maximum Gasteiger partial charge on any atom is 0.155 e. The summed E-state index contributed by atoms with van der Waals surface area (Å²) in [5, 5.41) is 3.31. The van der Waals surface area contributed by atoms with Crippen molar-refractivity contribution in [2.45, 2.75) is 33.6 Å². The van der Waals surface area contributed by atoms with Crippen molar-refractivity contribution in [1.29, 1.82) is 0 Å². The first-order chi connectivity index (χ1) is 6.56. The Hall–Kier alpha value is -0.630. The molecule has 0 aliphatic heterocycles. The van der Waals surface area contributed by atoms with Crippen LogP contribution in [0, 0.1) is 11.3 Å². The summed E-state index contributed by atoms with van der Waals surface area (Å²) >= 11 is 0. The number of allylic oxidation sites excluding steroid dienone is 2. The SMILES string of the molecule is CCNCCC1CC(=O)C=CC1(C)C. The molecule has 1 aliphatic carbocycles. The zero-order valence-corrected chi connectivity index (χ0v) is 9.47. The van der Waals surface area contributed by atoms with E-state index in [1.54, 1.807) is 6.08 Å². The van der Waals surface area contributed by atoms with Crippen LogP contribution in [0.3, 0.4) is 0 Å². The van der Waals surface area contributed by atoms with Gasteiger partial charge in [-0.2, -0.15) is 0 Å². The largest absolute Gasteiger partial charge is 0.317 e. The summed E-state index contributed by atoms with van der Waals surface area (Å²) in [4.78, 5) is 11.3. The van der Waals surface area contributed by atoms with Crippen molar-refractivity contribution >= 4 is 5.78 Å². The van der Waals surface area contributed by atoms with Crippen LogP contribution in [0.2, 0.25) is 0 Å². The Kier molecular flexibility index (Phi) is 3.87. The standard InChI is InChI=1S/C12H21NO/c1-4-13-8-6-10-9-11(14)5-7-12(10,2)3/h5,7,10,13H,4,6,8-9H2,1-3H3. The van der Waals surface area contributed by atoms with Crippen molar-refractivity contribution in [3.05, 3.63) is 12.2 Å². The van der Waals surface area contributed by atoms with Crippen LogP contribution in [0.5, 0.6) is 0 Å². The maximum atomic E-state index is 11.3. The Morgan fingerprint density at radius 2 is 2.29 bits per heavy atom. The molecule has 1 atom stereocenters. The zero-order valence-electron chi connectivity index (χ0n) is 9.47. The van der Waals surface area contributed by atoms with Crippen molar-refractivity contribution in [3.8, 4) is 0 Å². The molecule has 1 rings (SSSR count). The van der Waals surface area contributed by atoms with Gasteiger partial charge in [-0.15, -0.1) is 0 Å². The van der Waals surface area contributed by atoms with Gasteiger partial charge in [-0.05, 0) is 36.9 Å². The summed E-state index contributed by atoms with van der Waals surface area (Å²) in [5.41, 5.74) is 0.184. The van der Waals surface area contributed by atoms with Crippen molar-refractivity contribution in [2.24, 2.45) is 11.3 Å². The molecular weight excluding hydrogens is 174 g/mol. The van der Waals surface area contributed by atoms with Gasteiger partial charge in [0.05, 0.1) is 0 Å². The minimum atomic E-state index is 0.184. The lowest BCUT2D eigenvalue weighted by Gasteiger charge is -2.34. The smallest absolute Gasteiger partial charge is 0.155 e. The molecule has 0 saturated heterocycles. The molecule has 1 N–H and O–H groups in total. The van der Waals surface area contributed by atoms with Crippen molar-refractivity contribution in [3.63, 3.8) is 0 Å². The average Bonchev–Trinajstić information content (AvgIpc) is 2.12. The Balaban J connectivity index is 2.50. The van der Waals surface area contributed by atoms with Crippen LogP contribution in [0.15, 0.2) is 12.2 Å². The molecule has 2 nitrogen and oxygen atoms in total. The lowest BCUT2D eigenvalue weighted by atomic mass is 9.71. The highest BCUT2D eigenvalue weighted by molar-refractivity contribution is 5.90. The summed E-state index contributed by atoms with van der Waals surface area (Å²) in [7, 11) is 0. The van der Waals surface area contributed by atoms with Gasteiger partial charge in [-0.3, -0.25) is 4.79 Å². The topological polar surface area (TPSA) is 29.1 Å². The predicted molar refractivity (Wildman–Crippen MR) is 59.2 cm³/mol.